The zero-order valence-corrected chi connectivity index (χ0v) is 12.2. The van der Waals surface area contributed by atoms with Crippen molar-refractivity contribution in [3.05, 3.63) is 18.3 Å². The Morgan fingerprint density at radius 2 is 2.05 bits per heavy atom. The molecule has 0 atom stereocenters. The van der Waals surface area contributed by atoms with Gasteiger partial charge in [0, 0.05) is 59.4 Å². The molecule has 0 unspecified atom stereocenters. The van der Waals surface area contributed by atoms with Crippen LogP contribution in [0.15, 0.2) is 18.3 Å². The van der Waals surface area contributed by atoms with Gasteiger partial charge in [-0.25, -0.2) is 4.98 Å². The molecule has 110 valence electrons. The highest BCUT2D eigenvalue weighted by Crippen LogP contribution is 2.20. The van der Waals surface area contributed by atoms with Crippen molar-refractivity contribution in [3.63, 3.8) is 0 Å². The Labute approximate surface area is 120 Å². The average molecular weight is 277 g/mol. The van der Waals surface area contributed by atoms with Gasteiger partial charge in [-0.05, 0) is 12.1 Å². The van der Waals surface area contributed by atoms with Crippen molar-refractivity contribution in [2.24, 2.45) is 0 Å². The largest absolute Gasteiger partial charge is 0.396 e. The average Bonchev–Trinajstić information content (AvgIpc) is 2.46. The number of hydrogen-bond acceptors (Lipinski definition) is 5. The molecular formula is C14H23N5O. The van der Waals surface area contributed by atoms with E-state index in [-0.39, 0.29) is 5.91 Å². The maximum absolute atomic E-state index is 11.6. The summed E-state index contributed by atoms with van der Waals surface area (Å²) in [4.78, 5) is 22.1. The molecule has 0 spiro atoms. The summed E-state index contributed by atoms with van der Waals surface area (Å²) in [7, 11) is 3.59. The van der Waals surface area contributed by atoms with Gasteiger partial charge in [-0.15, -0.1) is 0 Å². The van der Waals surface area contributed by atoms with Crippen molar-refractivity contribution in [3.8, 4) is 0 Å². The molecule has 0 bridgehead atoms. The van der Waals surface area contributed by atoms with Crippen LogP contribution >= 0.6 is 0 Å². The number of pyridine rings is 1. The van der Waals surface area contributed by atoms with Crippen molar-refractivity contribution in [2.45, 2.75) is 6.42 Å². The molecule has 0 aliphatic carbocycles. The van der Waals surface area contributed by atoms with Crippen LogP contribution in [0.3, 0.4) is 0 Å². The second-order valence-electron chi connectivity index (χ2n) is 5.28. The van der Waals surface area contributed by atoms with Crippen molar-refractivity contribution in [1.82, 2.24) is 14.8 Å². The molecule has 0 saturated carbocycles. The normalized spacial score (nSPS) is 16.2. The molecule has 20 heavy (non-hydrogen) atoms. The summed E-state index contributed by atoms with van der Waals surface area (Å²) in [6.07, 6.45) is 2.35. The minimum atomic E-state index is 0.182. The third-order valence-corrected chi connectivity index (χ3v) is 3.63. The van der Waals surface area contributed by atoms with Gasteiger partial charge in [0.15, 0.2) is 5.82 Å². The zero-order valence-electron chi connectivity index (χ0n) is 12.2. The van der Waals surface area contributed by atoms with Gasteiger partial charge in [-0.3, -0.25) is 9.69 Å². The second-order valence-corrected chi connectivity index (χ2v) is 5.28. The number of piperazine rings is 1. The molecule has 1 amide bonds. The number of hydrogen-bond donors (Lipinski definition) is 1. The van der Waals surface area contributed by atoms with E-state index >= 15 is 0 Å². The maximum Gasteiger partial charge on any atom is 0.223 e. The zero-order chi connectivity index (χ0) is 14.5. The summed E-state index contributed by atoms with van der Waals surface area (Å²) in [6.45, 7) is 4.50. The topological polar surface area (TPSA) is 65.7 Å². The van der Waals surface area contributed by atoms with E-state index in [0.717, 1.165) is 44.2 Å². The first-order chi connectivity index (χ1) is 9.58. The Morgan fingerprint density at radius 3 is 2.65 bits per heavy atom. The SMILES string of the molecule is CN(C)C(=O)CCN1CCN(c2ncccc2N)CC1. The van der Waals surface area contributed by atoms with Crippen LogP contribution in [-0.4, -0.2) is 67.5 Å². The predicted octanol–water partition coefficient (Wildman–Crippen LogP) is 0.264. The van der Waals surface area contributed by atoms with E-state index in [1.165, 1.54) is 0 Å². The van der Waals surface area contributed by atoms with Crippen LogP contribution in [0.1, 0.15) is 6.42 Å². The fourth-order valence-corrected chi connectivity index (χ4v) is 2.33. The van der Waals surface area contributed by atoms with Crippen molar-refractivity contribution < 1.29 is 4.79 Å². The molecule has 2 rings (SSSR count). The van der Waals surface area contributed by atoms with Crippen LogP contribution in [0.25, 0.3) is 0 Å². The molecule has 2 heterocycles. The summed E-state index contributed by atoms with van der Waals surface area (Å²) >= 11 is 0. The molecule has 1 aliphatic heterocycles. The number of amides is 1. The first-order valence-corrected chi connectivity index (χ1v) is 6.96. The number of aromatic nitrogens is 1. The molecule has 1 fully saturated rings. The fraction of sp³-hybridized carbons (Fsp3) is 0.571. The van der Waals surface area contributed by atoms with Crippen molar-refractivity contribution >= 4 is 17.4 Å². The highest BCUT2D eigenvalue weighted by molar-refractivity contribution is 5.75. The van der Waals surface area contributed by atoms with E-state index in [2.05, 4.69) is 14.8 Å². The standard InChI is InChI=1S/C14H23N5O/c1-17(2)13(20)5-7-18-8-10-19(11-9-18)14-12(15)4-3-6-16-14/h3-4,6H,5,7-11,15H2,1-2H3. The first-order valence-electron chi connectivity index (χ1n) is 6.96. The van der Waals surface area contributed by atoms with Crippen LogP contribution in [0.2, 0.25) is 0 Å². The lowest BCUT2D eigenvalue weighted by Crippen LogP contribution is -2.47. The third-order valence-electron chi connectivity index (χ3n) is 3.63. The molecule has 0 radical (unpaired) electrons. The molecule has 0 aromatic carbocycles. The maximum atomic E-state index is 11.6. The quantitative estimate of drug-likeness (QED) is 0.855. The number of nitrogen functional groups attached to an aromatic ring is 1. The monoisotopic (exact) mass is 277 g/mol. The lowest BCUT2D eigenvalue weighted by Gasteiger charge is -2.35. The van der Waals surface area contributed by atoms with E-state index in [1.54, 1.807) is 25.2 Å². The van der Waals surface area contributed by atoms with E-state index < -0.39 is 0 Å². The lowest BCUT2D eigenvalue weighted by molar-refractivity contribution is -0.129. The minimum absolute atomic E-state index is 0.182. The summed E-state index contributed by atoms with van der Waals surface area (Å²) in [5.74, 6) is 1.05. The number of nitrogens with two attached hydrogens (primary N) is 1. The van der Waals surface area contributed by atoms with E-state index in [0.29, 0.717) is 6.42 Å². The van der Waals surface area contributed by atoms with Crippen LogP contribution in [0.4, 0.5) is 11.5 Å². The van der Waals surface area contributed by atoms with Crippen LogP contribution < -0.4 is 10.6 Å². The molecular weight excluding hydrogens is 254 g/mol. The predicted molar refractivity (Wildman–Crippen MR) is 80.6 cm³/mol. The molecule has 1 aromatic rings. The molecule has 6 heteroatoms. The van der Waals surface area contributed by atoms with Gasteiger partial charge in [0.2, 0.25) is 5.91 Å². The van der Waals surface area contributed by atoms with Gasteiger partial charge in [0.25, 0.3) is 0 Å². The Balaban J connectivity index is 1.81. The third kappa shape index (κ3) is 3.60. The number of rotatable bonds is 4. The van der Waals surface area contributed by atoms with Gasteiger partial charge in [-0.1, -0.05) is 0 Å². The van der Waals surface area contributed by atoms with Gasteiger partial charge in [-0.2, -0.15) is 0 Å². The van der Waals surface area contributed by atoms with Gasteiger partial charge in [0.1, 0.15) is 0 Å². The van der Waals surface area contributed by atoms with Gasteiger partial charge in [0.05, 0.1) is 5.69 Å². The summed E-state index contributed by atoms with van der Waals surface area (Å²) in [5, 5.41) is 0. The molecule has 1 saturated heterocycles. The summed E-state index contributed by atoms with van der Waals surface area (Å²) in [5.41, 5.74) is 6.68. The molecule has 6 nitrogen and oxygen atoms in total. The Morgan fingerprint density at radius 1 is 1.35 bits per heavy atom. The fourth-order valence-electron chi connectivity index (χ4n) is 2.33. The number of carbonyl (C=O) groups is 1. The van der Waals surface area contributed by atoms with Crippen molar-refractivity contribution in [1.29, 1.82) is 0 Å². The van der Waals surface area contributed by atoms with Crippen LogP contribution in [-0.2, 0) is 4.79 Å². The van der Waals surface area contributed by atoms with Gasteiger partial charge < -0.3 is 15.5 Å². The molecule has 2 N–H and O–H groups in total. The van der Waals surface area contributed by atoms with E-state index in [1.807, 2.05) is 12.1 Å². The second kappa shape index (κ2) is 6.56. The number of carbonyl (C=O) groups excluding carboxylic acids is 1. The van der Waals surface area contributed by atoms with E-state index in [9.17, 15) is 4.79 Å². The molecule has 1 aliphatic rings. The Kier molecular flexibility index (Phi) is 4.79. The van der Waals surface area contributed by atoms with Crippen LogP contribution in [0, 0.1) is 0 Å². The number of nitrogens with zero attached hydrogens (tertiary/aromatic N) is 4. The number of anilines is 2. The summed E-state index contributed by atoms with van der Waals surface area (Å²) in [6, 6.07) is 3.73. The Hall–Kier alpha value is -1.82. The smallest absolute Gasteiger partial charge is 0.223 e. The lowest BCUT2D eigenvalue weighted by atomic mass is 10.2. The minimum Gasteiger partial charge on any atom is -0.396 e. The van der Waals surface area contributed by atoms with Gasteiger partial charge >= 0.3 is 0 Å². The first kappa shape index (κ1) is 14.6. The van der Waals surface area contributed by atoms with E-state index in [4.69, 9.17) is 5.73 Å². The van der Waals surface area contributed by atoms with Crippen LogP contribution in [0.5, 0.6) is 0 Å². The molecule has 1 aromatic heterocycles. The Bertz CT molecular complexity index is 455. The summed E-state index contributed by atoms with van der Waals surface area (Å²) < 4.78 is 0. The highest BCUT2D eigenvalue weighted by atomic mass is 16.2. The van der Waals surface area contributed by atoms with Crippen molar-refractivity contribution in [2.75, 3.05) is 57.5 Å². The highest BCUT2D eigenvalue weighted by Gasteiger charge is 2.19.